The molecular weight excluding hydrogens is 320 g/mol. The molecule has 3 N–H and O–H groups in total. The van der Waals surface area contributed by atoms with E-state index < -0.39 is 6.10 Å². The molecule has 0 aliphatic heterocycles. The number of aliphatic hydroxyl groups is 1. The van der Waals surface area contributed by atoms with E-state index in [1.807, 2.05) is 30.3 Å². The molecule has 0 saturated heterocycles. The summed E-state index contributed by atoms with van der Waals surface area (Å²) in [6, 6.07) is 9.29. The van der Waals surface area contributed by atoms with Crippen LogP contribution in [0.2, 0.25) is 0 Å². The van der Waals surface area contributed by atoms with Gasteiger partial charge in [-0.15, -0.1) is 0 Å². The van der Waals surface area contributed by atoms with Crippen molar-refractivity contribution in [3.8, 4) is 5.75 Å². The van der Waals surface area contributed by atoms with Crippen LogP contribution in [0, 0.1) is 0 Å². The number of nitrogens with two attached hydrogens (primary N) is 1. The SMILES string of the molecule is COc1cc(Br)ccc1C(O)C(CN)c1ccncc1. The van der Waals surface area contributed by atoms with Crippen LogP contribution in [0.25, 0.3) is 0 Å². The zero-order valence-electron chi connectivity index (χ0n) is 11.2. The number of hydrogen-bond acceptors (Lipinski definition) is 4. The molecule has 0 fully saturated rings. The minimum Gasteiger partial charge on any atom is -0.496 e. The molecule has 1 heterocycles. The molecule has 20 heavy (non-hydrogen) atoms. The monoisotopic (exact) mass is 336 g/mol. The first-order chi connectivity index (χ1) is 9.67. The predicted molar refractivity (Wildman–Crippen MR) is 81.7 cm³/mol. The Balaban J connectivity index is 2.36. The zero-order valence-corrected chi connectivity index (χ0v) is 12.7. The minimum absolute atomic E-state index is 0.201. The number of benzene rings is 1. The highest BCUT2D eigenvalue weighted by molar-refractivity contribution is 9.10. The van der Waals surface area contributed by atoms with Gasteiger partial charge >= 0.3 is 0 Å². The first-order valence-electron chi connectivity index (χ1n) is 6.29. The van der Waals surface area contributed by atoms with E-state index in [0.717, 1.165) is 15.6 Å². The maximum absolute atomic E-state index is 10.6. The molecule has 0 aliphatic rings. The van der Waals surface area contributed by atoms with Gasteiger partial charge in [-0.05, 0) is 29.8 Å². The van der Waals surface area contributed by atoms with Crippen LogP contribution in [-0.2, 0) is 0 Å². The van der Waals surface area contributed by atoms with Gasteiger partial charge in [0.15, 0.2) is 0 Å². The van der Waals surface area contributed by atoms with Crippen molar-refractivity contribution < 1.29 is 9.84 Å². The fourth-order valence-corrected chi connectivity index (χ4v) is 2.54. The standard InChI is InChI=1S/C15H17BrN2O2/c1-20-14-8-11(16)2-3-12(14)15(19)13(9-17)10-4-6-18-7-5-10/h2-8,13,15,19H,9,17H2,1H3. The first-order valence-corrected chi connectivity index (χ1v) is 7.08. The Hall–Kier alpha value is -1.43. The third kappa shape index (κ3) is 3.17. The lowest BCUT2D eigenvalue weighted by Gasteiger charge is -2.23. The Kier molecular flexibility index (Phi) is 5.11. The van der Waals surface area contributed by atoms with Gasteiger partial charge in [-0.1, -0.05) is 22.0 Å². The van der Waals surface area contributed by atoms with Crippen LogP contribution in [0.5, 0.6) is 5.75 Å². The van der Waals surface area contributed by atoms with Gasteiger partial charge in [0, 0.05) is 34.9 Å². The summed E-state index contributed by atoms with van der Waals surface area (Å²) in [7, 11) is 1.59. The van der Waals surface area contributed by atoms with Crippen molar-refractivity contribution in [2.75, 3.05) is 13.7 Å². The van der Waals surface area contributed by atoms with Crippen LogP contribution in [0.1, 0.15) is 23.1 Å². The number of pyridine rings is 1. The molecule has 2 aromatic rings. The lowest BCUT2D eigenvalue weighted by Crippen LogP contribution is -2.20. The molecule has 2 unspecified atom stereocenters. The molecule has 0 spiro atoms. The molecule has 0 aliphatic carbocycles. The lowest BCUT2D eigenvalue weighted by atomic mass is 9.89. The lowest BCUT2D eigenvalue weighted by molar-refractivity contribution is 0.143. The summed E-state index contributed by atoms with van der Waals surface area (Å²) in [6.45, 7) is 0.338. The van der Waals surface area contributed by atoms with Crippen LogP contribution < -0.4 is 10.5 Å². The number of aromatic nitrogens is 1. The van der Waals surface area contributed by atoms with Gasteiger partial charge in [-0.25, -0.2) is 0 Å². The van der Waals surface area contributed by atoms with E-state index in [-0.39, 0.29) is 5.92 Å². The highest BCUT2D eigenvalue weighted by atomic mass is 79.9. The highest BCUT2D eigenvalue weighted by Crippen LogP contribution is 2.36. The Morgan fingerprint density at radius 2 is 2.00 bits per heavy atom. The van der Waals surface area contributed by atoms with Crippen molar-refractivity contribution in [3.63, 3.8) is 0 Å². The molecule has 1 aromatic heterocycles. The predicted octanol–water partition coefficient (Wildman–Crippen LogP) is 2.63. The number of rotatable bonds is 5. The van der Waals surface area contributed by atoms with E-state index in [1.54, 1.807) is 19.5 Å². The van der Waals surface area contributed by atoms with Crippen LogP contribution in [-0.4, -0.2) is 23.7 Å². The topological polar surface area (TPSA) is 68.4 Å². The summed E-state index contributed by atoms with van der Waals surface area (Å²) in [6.07, 6.45) is 2.66. The molecule has 0 bridgehead atoms. The summed E-state index contributed by atoms with van der Waals surface area (Å²) in [4.78, 5) is 3.99. The Bertz CT molecular complexity index is 563. The molecule has 2 atom stereocenters. The average Bonchev–Trinajstić information content (AvgIpc) is 2.48. The van der Waals surface area contributed by atoms with Gasteiger partial charge in [0.25, 0.3) is 0 Å². The normalized spacial score (nSPS) is 13.8. The van der Waals surface area contributed by atoms with E-state index in [2.05, 4.69) is 20.9 Å². The molecular formula is C15H17BrN2O2. The van der Waals surface area contributed by atoms with Crippen molar-refractivity contribution in [1.82, 2.24) is 4.98 Å². The van der Waals surface area contributed by atoms with Crippen LogP contribution in [0.4, 0.5) is 0 Å². The largest absolute Gasteiger partial charge is 0.496 e. The van der Waals surface area contributed by atoms with E-state index >= 15 is 0 Å². The fraction of sp³-hybridized carbons (Fsp3) is 0.267. The molecule has 106 valence electrons. The van der Waals surface area contributed by atoms with Crippen LogP contribution in [0.15, 0.2) is 47.2 Å². The first kappa shape index (κ1) is 15.0. The molecule has 5 heteroatoms. The van der Waals surface area contributed by atoms with Gasteiger partial charge in [0.1, 0.15) is 5.75 Å². The average molecular weight is 337 g/mol. The van der Waals surface area contributed by atoms with E-state index in [9.17, 15) is 5.11 Å². The van der Waals surface area contributed by atoms with Crippen LogP contribution >= 0.6 is 15.9 Å². The molecule has 4 nitrogen and oxygen atoms in total. The molecule has 2 rings (SSSR count). The quantitative estimate of drug-likeness (QED) is 0.880. The van der Waals surface area contributed by atoms with E-state index in [4.69, 9.17) is 10.5 Å². The van der Waals surface area contributed by atoms with Gasteiger partial charge in [-0.3, -0.25) is 4.98 Å². The Morgan fingerprint density at radius 3 is 2.60 bits per heavy atom. The number of methoxy groups -OCH3 is 1. The molecule has 0 amide bonds. The van der Waals surface area contributed by atoms with E-state index in [0.29, 0.717) is 12.3 Å². The maximum atomic E-state index is 10.6. The molecule has 0 saturated carbocycles. The third-order valence-corrected chi connectivity index (χ3v) is 3.78. The summed E-state index contributed by atoms with van der Waals surface area (Å²) in [5.41, 5.74) is 7.52. The van der Waals surface area contributed by atoms with Gasteiger partial charge in [-0.2, -0.15) is 0 Å². The zero-order chi connectivity index (χ0) is 14.5. The maximum Gasteiger partial charge on any atom is 0.125 e. The van der Waals surface area contributed by atoms with Gasteiger partial charge in [0.2, 0.25) is 0 Å². The minimum atomic E-state index is -0.731. The second kappa shape index (κ2) is 6.83. The van der Waals surface area contributed by atoms with Gasteiger partial charge in [0.05, 0.1) is 13.2 Å². The number of nitrogens with zero attached hydrogens (tertiary/aromatic N) is 1. The number of aliphatic hydroxyl groups excluding tert-OH is 1. The summed E-state index contributed by atoms with van der Waals surface area (Å²) >= 11 is 3.39. The Labute approximate surface area is 126 Å². The van der Waals surface area contributed by atoms with Crippen molar-refractivity contribution in [1.29, 1.82) is 0 Å². The van der Waals surface area contributed by atoms with Crippen molar-refractivity contribution >= 4 is 15.9 Å². The summed E-state index contributed by atoms with van der Waals surface area (Å²) in [5, 5.41) is 10.6. The van der Waals surface area contributed by atoms with Crippen molar-refractivity contribution in [2.24, 2.45) is 5.73 Å². The number of ether oxygens (including phenoxy) is 1. The second-order valence-electron chi connectivity index (χ2n) is 4.45. The fourth-order valence-electron chi connectivity index (χ4n) is 2.20. The van der Waals surface area contributed by atoms with Crippen molar-refractivity contribution in [3.05, 3.63) is 58.3 Å². The molecule has 1 aromatic carbocycles. The van der Waals surface area contributed by atoms with Crippen molar-refractivity contribution in [2.45, 2.75) is 12.0 Å². The number of hydrogen-bond donors (Lipinski definition) is 2. The Morgan fingerprint density at radius 1 is 1.30 bits per heavy atom. The highest BCUT2D eigenvalue weighted by Gasteiger charge is 2.24. The second-order valence-corrected chi connectivity index (χ2v) is 5.37. The van der Waals surface area contributed by atoms with E-state index in [1.165, 1.54) is 0 Å². The smallest absolute Gasteiger partial charge is 0.125 e. The summed E-state index contributed by atoms with van der Waals surface area (Å²) in [5.74, 6) is 0.437. The number of halogens is 1. The summed E-state index contributed by atoms with van der Waals surface area (Å²) < 4.78 is 6.24. The molecule has 0 radical (unpaired) electrons. The third-order valence-electron chi connectivity index (χ3n) is 3.28. The van der Waals surface area contributed by atoms with Gasteiger partial charge < -0.3 is 15.6 Å². The van der Waals surface area contributed by atoms with Crippen LogP contribution in [0.3, 0.4) is 0 Å².